The quantitative estimate of drug-likeness (QED) is 0.472. The molecular weight excluding hydrogens is 84.1 g/mol. The Kier molecular flexibility index (Phi) is 1.12. The minimum Gasteiger partial charge on any atom is -0.0622 e. The van der Waals surface area contributed by atoms with E-state index in [4.69, 9.17) is 0 Å². The molecule has 0 bridgehead atoms. The zero-order valence-electron chi connectivity index (χ0n) is 4.39. The summed E-state index contributed by atoms with van der Waals surface area (Å²) in [6.45, 7) is 2.08. The molecule has 0 atom stereocenters. The van der Waals surface area contributed by atoms with E-state index in [-0.39, 0.29) is 7.13 Å². The van der Waals surface area contributed by atoms with E-state index in [0.717, 1.165) is 0 Å². The third-order valence-electron chi connectivity index (χ3n) is 0.940. The maximum Gasteiger partial charge on any atom is 0 e. The average molecular weight is 102 g/mol. The monoisotopic (exact) mass is 102 g/mol. The van der Waals surface area contributed by atoms with E-state index in [1.54, 1.807) is 0 Å². The molecule has 0 amide bonds. The maximum atomic E-state index is 2.08. The van der Waals surface area contributed by atoms with Gasteiger partial charge in [0, 0.05) is 7.13 Å². The second-order valence-electron chi connectivity index (χ2n) is 1.65. The van der Waals surface area contributed by atoms with Crippen LogP contribution < -0.4 is 0 Å². The Hall–Kier alpha value is -0.780. The molecule has 0 aliphatic carbocycles. The molecule has 0 saturated heterocycles. The van der Waals surface area contributed by atoms with Crippen LogP contribution in [0.25, 0.3) is 0 Å². The summed E-state index contributed by atoms with van der Waals surface area (Å²) in [5, 5.41) is 0. The molecule has 1 rings (SSSR count). The topological polar surface area (TPSA) is 0 Å². The Morgan fingerprint density at radius 3 is 2.00 bits per heavy atom. The van der Waals surface area contributed by atoms with E-state index >= 15 is 0 Å². The van der Waals surface area contributed by atoms with Crippen LogP contribution in [-0.4, -0.2) is 0 Å². The molecule has 7 heavy (non-hydrogen) atoms. The van der Waals surface area contributed by atoms with Crippen molar-refractivity contribution in [2.24, 2.45) is 0 Å². The SMILES string of the molecule is Cc1ccccc1.[HH].[HH].[HH].[HH].[HH]. The van der Waals surface area contributed by atoms with Gasteiger partial charge in [-0.15, -0.1) is 0 Å². The van der Waals surface area contributed by atoms with Crippen LogP contribution in [0, 0.1) is 6.92 Å². The Bertz CT molecular complexity index is 142. The Labute approximate surface area is 51.2 Å². The van der Waals surface area contributed by atoms with E-state index in [2.05, 4.69) is 19.1 Å². The van der Waals surface area contributed by atoms with Gasteiger partial charge in [-0.1, -0.05) is 35.9 Å². The van der Waals surface area contributed by atoms with Crippen molar-refractivity contribution in [2.75, 3.05) is 0 Å². The predicted molar refractivity (Wildman–Crippen MR) is 41.7 cm³/mol. The smallest absolute Gasteiger partial charge is 0 e. The largest absolute Gasteiger partial charge is 0.0622 e. The molecule has 0 unspecified atom stereocenters. The lowest BCUT2D eigenvalue weighted by Crippen LogP contribution is -1.62. The predicted octanol–water partition coefficient (Wildman–Crippen LogP) is 3.23. The first-order valence-electron chi connectivity index (χ1n) is 2.41. The molecule has 0 spiro atoms. The zero-order valence-corrected chi connectivity index (χ0v) is 4.39. The highest BCUT2D eigenvalue weighted by Crippen LogP contribution is 1.92. The lowest BCUT2D eigenvalue weighted by atomic mass is 10.2. The van der Waals surface area contributed by atoms with Crippen LogP contribution in [0.4, 0.5) is 0 Å². The third-order valence-corrected chi connectivity index (χ3v) is 0.940. The summed E-state index contributed by atoms with van der Waals surface area (Å²) in [5.74, 6) is 0. The van der Waals surface area contributed by atoms with E-state index in [9.17, 15) is 0 Å². The first-order chi connectivity index (χ1) is 3.39. The Morgan fingerprint density at radius 2 is 1.71 bits per heavy atom. The lowest BCUT2D eigenvalue weighted by molar-refractivity contribution is 1.48. The van der Waals surface area contributed by atoms with Gasteiger partial charge in [0.2, 0.25) is 0 Å². The van der Waals surface area contributed by atoms with Crippen molar-refractivity contribution in [1.29, 1.82) is 0 Å². The highest BCUT2D eigenvalue weighted by atomic mass is 13.8. The van der Waals surface area contributed by atoms with Crippen LogP contribution >= 0.6 is 0 Å². The number of aryl methyl sites for hydroxylation is 1. The van der Waals surface area contributed by atoms with E-state index in [1.807, 2.05) is 18.2 Å². The normalized spacial score (nSPS) is 8.71. The average Bonchev–Trinajstić information content (AvgIpc) is 1.69. The maximum absolute atomic E-state index is 2.08. The number of hydrogen-bond acceptors (Lipinski definition) is 0. The molecule has 0 heteroatoms. The molecule has 0 radical (unpaired) electrons. The summed E-state index contributed by atoms with van der Waals surface area (Å²) in [5.41, 5.74) is 1.32. The number of rotatable bonds is 0. The van der Waals surface area contributed by atoms with Gasteiger partial charge in [0.05, 0.1) is 0 Å². The summed E-state index contributed by atoms with van der Waals surface area (Å²) in [7, 11) is 0. The highest BCUT2D eigenvalue weighted by molar-refractivity contribution is 5.11. The van der Waals surface area contributed by atoms with Gasteiger partial charge >= 0.3 is 0 Å². The second-order valence-corrected chi connectivity index (χ2v) is 1.65. The molecule has 0 nitrogen and oxygen atoms in total. The molecule has 46 valence electrons. The second kappa shape index (κ2) is 1.78. The lowest BCUT2D eigenvalue weighted by Gasteiger charge is -1.82. The van der Waals surface area contributed by atoms with Gasteiger partial charge < -0.3 is 0 Å². The van der Waals surface area contributed by atoms with Crippen LogP contribution in [-0.2, 0) is 0 Å². The summed E-state index contributed by atoms with van der Waals surface area (Å²) in [6, 6.07) is 10.3. The fourth-order valence-electron chi connectivity index (χ4n) is 0.534. The van der Waals surface area contributed by atoms with Gasteiger partial charge in [-0.05, 0) is 6.92 Å². The molecule has 0 N–H and O–H groups in total. The summed E-state index contributed by atoms with van der Waals surface area (Å²) < 4.78 is 0. The first-order valence-corrected chi connectivity index (χ1v) is 2.41. The standard InChI is InChI=1S/C7H8.5H2/c1-7-5-3-2-4-6-7;;;;;/h2-6H,1H3;5*1H. The number of benzene rings is 1. The molecule has 0 heterocycles. The molecule has 0 aromatic heterocycles. The minimum absolute atomic E-state index is 0. The van der Waals surface area contributed by atoms with Crippen LogP contribution in [0.1, 0.15) is 12.7 Å². The van der Waals surface area contributed by atoms with Crippen LogP contribution in [0.15, 0.2) is 30.3 Å². The molecule has 0 saturated carbocycles. The van der Waals surface area contributed by atoms with Crippen molar-refractivity contribution < 1.29 is 7.13 Å². The van der Waals surface area contributed by atoms with Gasteiger partial charge in [-0.3, -0.25) is 0 Å². The van der Waals surface area contributed by atoms with Gasteiger partial charge in [0.15, 0.2) is 0 Å². The van der Waals surface area contributed by atoms with E-state index in [0.29, 0.717) is 0 Å². The van der Waals surface area contributed by atoms with Gasteiger partial charge in [-0.25, -0.2) is 0 Å². The van der Waals surface area contributed by atoms with Crippen LogP contribution in [0.2, 0.25) is 0 Å². The summed E-state index contributed by atoms with van der Waals surface area (Å²) >= 11 is 0. The molecule has 0 aliphatic heterocycles. The van der Waals surface area contributed by atoms with Crippen molar-refractivity contribution in [3.63, 3.8) is 0 Å². The summed E-state index contributed by atoms with van der Waals surface area (Å²) in [6.07, 6.45) is 0. The van der Waals surface area contributed by atoms with E-state index < -0.39 is 0 Å². The van der Waals surface area contributed by atoms with Crippen LogP contribution in [0.5, 0.6) is 0 Å². The van der Waals surface area contributed by atoms with Crippen molar-refractivity contribution in [3.8, 4) is 0 Å². The van der Waals surface area contributed by atoms with Gasteiger partial charge in [0.25, 0.3) is 0 Å². The molecule has 1 aromatic rings. The van der Waals surface area contributed by atoms with E-state index in [1.165, 1.54) is 5.56 Å². The summed E-state index contributed by atoms with van der Waals surface area (Å²) in [4.78, 5) is 0. The fraction of sp³-hybridized carbons (Fsp3) is 0.143. The Morgan fingerprint density at radius 1 is 1.14 bits per heavy atom. The van der Waals surface area contributed by atoms with Crippen molar-refractivity contribution >= 4 is 0 Å². The fourth-order valence-corrected chi connectivity index (χ4v) is 0.534. The zero-order chi connectivity index (χ0) is 5.11. The molecule has 1 aromatic carbocycles. The van der Waals surface area contributed by atoms with Gasteiger partial charge in [-0.2, -0.15) is 0 Å². The third kappa shape index (κ3) is 1.04. The molecule has 0 aliphatic rings. The first kappa shape index (κ1) is 4.38. The van der Waals surface area contributed by atoms with Gasteiger partial charge in [0.1, 0.15) is 0 Å². The minimum atomic E-state index is 0. The van der Waals surface area contributed by atoms with Crippen molar-refractivity contribution in [2.45, 2.75) is 6.92 Å². The van der Waals surface area contributed by atoms with Crippen LogP contribution in [0.3, 0.4) is 0 Å². The number of hydrogen-bond donors (Lipinski definition) is 0. The van der Waals surface area contributed by atoms with Crippen molar-refractivity contribution in [3.05, 3.63) is 35.9 Å². The Balaban J connectivity index is -0.0000000327. The highest BCUT2D eigenvalue weighted by Gasteiger charge is 1.72. The molecule has 0 fully saturated rings. The molecular formula is C7H18. The van der Waals surface area contributed by atoms with Crippen molar-refractivity contribution in [1.82, 2.24) is 0 Å².